The molecule has 0 saturated carbocycles. The summed E-state index contributed by atoms with van der Waals surface area (Å²) in [6, 6.07) is 14.1. The second kappa shape index (κ2) is 17.9. The van der Waals surface area contributed by atoms with Crippen LogP contribution in [0.5, 0.6) is 0 Å². The van der Waals surface area contributed by atoms with Gasteiger partial charge in [-0.1, -0.05) is 36.4 Å². The number of carbonyl (C=O) groups excluding carboxylic acids is 4. The summed E-state index contributed by atoms with van der Waals surface area (Å²) in [5, 5.41) is 26.3. The predicted octanol–water partition coefficient (Wildman–Crippen LogP) is 0.0620. The Labute approximate surface area is 257 Å². The van der Waals surface area contributed by atoms with E-state index in [0.29, 0.717) is 17.6 Å². The highest BCUT2D eigenvalue weighted by Gasteiger charge is 2.19. The first-order chi connectivity index (χ1) is 21.3. The van der Waals surface area contributed by atoms with Gasteiger partial charge in [-0.05, 0) is 43.0 Å². The molecule has 2 aromatic carbocycles. The molecule has 3 aromatic rings. The second-order valence-corrected chi connectivity index (χ2v) is 9.46. The van der Waals surface area contributed by atoms with Gasteiger partial charge in [0.1, 0.15) is 24.8 Å². The van der Waals surface area contributed by atoms with Crippen LogP contribution in [0.25, 0.3) is 11.0 Å². The van der Waals surface area contributed by atoms with E-state index in [1.165, 1.54) is 12.1 Å². The Morgan fingerprint density at radius 3 is 2.29 bits per heavy atom. The molecule has 0 aliphatic rings. The number of carbonyl (C=O) groups is 5. The number of fused-ring (bicyclic) bond motifs is 1. The summed E-state index contributed by atoms with van der Waals surface area (Å²) in [6.07, 6.45) is -0.314. The van der Waals surface area contributed by atoms with Gasteiger partial charge in [0, 0.05) is 23.6 Å². The standard InChI is InChI=1S/C18H26N6O6.C11H9NO3/c19-17(20)21-8-4-7-13(16(27)28)24-15(26)10-22-14(25)9-23-18(29)30-11-12-5-2-1-3-6-12;1-6-4-10(13)15-9-5-7(11(12)14)2-3-8(6)9/h1-3,5-6,13H,4,7-11H2,(H,22,25)(H,23,29)(H,24,26)(H,27,28)(H4,19,20,21);2-5H,1H3,(H2,12,14)/t13-;/m0./s1. The van der Waals surface area contributed by atoms with Crippen LogP contribution in [0.2, 0.25) is 0 Å². The molecule has 0 aliphatic heterocycles. The fraction of sp³-hybridized carbons (Fsp3) is 0.276. The fourth-order valence-corrected chi connectivity index (χ4v) is 3.68. The summed E-state index contributed by atoms with van der Waals surface area (Å²) in [7, 11) is 0. The molecular formula is C29H35N7O9. The van der Waals surface area contributed by atoms with Crippen LogP contribution in [-0.2, 0) is 25.7 Å². The minimum absolute atomic E-state index is 0.0508. The average molecular weight is 626 g/mol. The second-order valence-electron chi connectivity index (χ2n) is 9.46. The third-order valence-corrected chi connectivity index (χ3v) is 5.91. The van der Waals surface area contributed by atoms with Crippen LogP contribution in [0.15, 0.2) is 63.8 Å². The smallest absolute Gasteiger partial charge is 0.407 e. The summed E-state index contributed by atoms with van der Waals surface area (Å²) >= 11 is 0. The number of aliphatic carboxylic acids is 1. The number of benzene rings is 2. The number of carboxylic acid groups (broad SMARTS) is 1. The van der Waals surface area contributed by atoms with Crippen molar-refractivity contribution >= 4 is 46.7 Å². The van der Waals surface area contributed by atoms with Gasteiger partial charge in [-0.25, -0.2) is 14.4 Å². The van der Waals surface area contributed by atoms with E-state index in [1.807, 2.05) is 13.0 Å². The quantitative estimate of drug-likeness (QED) is 0.0544. The van der Waals surface area contributed by atoms with Crippen LogP contribution < -0.4 is 38.4 Å². The van der Waals surface area contributed by atoms with Crippen LogP contribution >= 0.6 is 0 Å². The molecule has 16 nitrogen and oxygen atoms in total. The van der Waals surface area contributed by atoms with E-state index in [1.54, 1.807) is 36.4 Å². The van der Waals surface area contributed by atoms with Crippen molar-refractivity contribution in [2.75, 3.05) is 19.6 Å². The molecule has 4 amide bonds. The number of rotatable bonds is 13. The predicted molar refractivity (Wildman–Crippen MR) is 162 cm³/mol. The maximum Gasteiger partial charge on any atom is 0.407 e. The maximum atomic E-state index is 11.8. The van der Waals surface area contributed by atoms with Gasteiger partial charge in [-0.2, -0.15) is 0 Å². The van der Waals surface area contributed by atoms with Gasteiger partial charge in [0.15, 0.2) is 5.96 Å². The Morgan fingerprint density at radius 2 is 1.64 bits per heavy atom. The van der Waals surface area contributed by atoms with Crippen molar-refractivity contribution in [1.82, 2.24) is 21.3 Å². The number of aryl methyl sites for hydroxylation is 1. The Kier molecular flexibility index (Phi) is 14.0. The highest BCUT2D eigenvalue weighted by molar-refractivity contribution is 5.96. The van der Waals surface area contributed by atoms with Crippen molar-refractivity contribution in [1.29, 1.82) is 5.41 Å². The molecule has 10 N–H and O–H groups in total. The van der Waals surface area contributed by atoms with Crippen LogP contribution in [0.3, 0.4) is 0 Å². The van der Waals surface area contributed by atoms with Crippen LogP contribution in [0, 0.1) is 12.3 Å². The van der Waals surface area contributed by atoms with Gasteiger partial charge >= 0.3 is 17.7 Å². The third kappa shape index (κ3) is 13.3. The zero-order valence-corrected chi connectivity index (χ0v) is 24.4. The van der Waals surface area contributed by atoms with Gasteiger partial charge in [0.25, 0.3) is 0 Å². The molecule has 0 fully saturated rings. The van der Waals surface area contributed by atoms with Crippen molar-refractivity contribution in [3.8, 4) is 0 Å². The summed E-state index contributed by atoms with van der Waals surface area (Å²) < 4.78 is 9.91. The van der Waals surface area contributed by atoms with Crippen molar-refractivity contribution < 1.29 is 38.2 Å². The lowest BCUT2D eigenvalue weighted by atomic mass is 10.1. The highest BCUT2D eigenvalue weighted by Crippen LogP contribution is 2.17. The highest BCUT2D eigenvalue weighted by atomic mass is 16.5. The van der Waals surface area contributed by atoms with Gasteiger partial charge < -0.3 is 47.0 Å². The SMILES string of the molecule is Cc1cc(=O)oc2cc(C(N)=O)ccc12.N=C(N)NCCC[C@H](NC(=O)CNC(=O)CNC(=O)OCc1ccccc1)C(=O)O. The lowest BCUT2D eigenvalue weighted by molar-refractivity contribution is -0.141. The summed E-state index contributed by atoms with van der Waals surface area (Å²) in [4.78, 5) is 68.3. The van der Waals surface area contributed by atoms with Crippen LogP contribution in [-0.4, -0.2) is 66.5 Å². The number of hydrogen-bond donors (Lipinski definition) is 8. The van der Waals surface area contributed by atoms with Crippen LogP contribution in [0.1, 0.15) is 34.3 Å². The molecule has 0 bridgehead atoms. The monoisotopic (exact) mass is 625 g/mol. The number of hydrogen-bond acceptors (Lipinski definition) is 9. The maximum absolute atomic E-state index is 11.8. The molecule has 0 unspecified atom stereocenters. The van der Waals surface area contributed by atoms with Gasteiger partial charge in [-0.3, -0.25) is 19.8 Å². The van der Waals surface area contributed by atoms with Crippen molar-refractivity contribution in [2.24, 2.45) is 11.5 Å². The normalized spacial score (nSPS) is 10.8. The Balaban J connectivity index is 0.000000388. The molecule has 1 aromatic heterocycles. The van der Waals surface area contributed by atoms with Gasteiger partial charge in [0.05, 0.1) is 6.54 Å². The van der Waals surface area contributed by atoms with E-state index < -0.39 is 54.5 Å². The summed E-state index contributed by atoms with van der Waals surface area (Å²) in [5.74, 6) is -3.33. The number of primary amides is 1. The topological polar surface area (TPSA) is 269 Å². The third-order valence-electron chi connectivity index (χ3n) is 5.91. The largest absolute Gasteiger partial charge is 0.480 e. The fourth-order valence-electron chi connectivity index (χ4n) is 3.68. The Hall–Kier alpha value is -5.93. The van der Waals surface area contributed by atoms with Crippen molar-refractivity contribution in [3.05, 3.63) is 81.7 Å². The zero-order chi connectivity index (χ0) is 33.4. The first kappa shape index (κ1) is 35.3. The molecule has 45 heavy (non-hydrogen) atoms. The van der Waals surface area contributed by atoms with E-state index in [4.69, 9.17) is 31.1 Å². The molecule has 1 atom stereocenters. The molecule has 0 radical (unpaired) electrons. The number of carboxylic acids is 1. The minimum Gasteiger partial charge on any atom is -0.480 e. The number of alkyl carbamates (subject to hydrolysis) is 1. The van der Waals surface area contributed by atoms with Gasteiger partial charge in [-0.15, -0.1) is 0 Å². The first-order valence-corrected chi connectivity index (χ1v) is 13.5. The number of ether oxygens (including phenoxy) is 1. The first-order valence-electron chi connectivity index (χ1n) is 13.5. The number of amides is 4. The molecule has 16 heteroatoms. The van der Waals surface area contributed by atoms with E-state index in [9.17, 15) is 28.8 Å². The van der Waals surface area contributed by atoms with E-state index in [-0.39, 0.29) is 25.5 Å². The average Bonchev–Trinajstić information content (AvgIpc) is 2.99. The lowest BCUT2D eigenvalue weighted by Gasteiger charge is -2.15. The zero-order valence-electron chi connectivity index (χ0n) is 24.4. The van der Waals surface area contributed by atoms with E-state index in [2.05, 4.69) is 21.3 Å². The molecule has 0 spiro atoms. The van der Waals surface area contributed by atoms with Crippen molar-refractivity contribution in [2.45, 2.75) is 32.4 Å². The molecule has 1 heterocycles. The summed E-state index contributed by atoms with van der Waals surface area (Å²) in [6.45, 7) is 1.30. The van der Waals surface area contributed by atoms with Gasteiger partial charge in [0.2, 0.25) is 17.7 Å². The van der Waals surface area contributed by atoms with Crippen molar-refractivity contribution in [3.63, 3.8) is 0 Å². The molecule has 0 aliphatic carbocycles. The molecule has 0 saturated heterocycles. The summed E-state index contributed by atoms with van der Waals surface area (Å²) in [5.41, 5.74) is 12.1. The van der Waals surface area contributed by atoms with E-state index >= 15 is 0 Å². The number of nitrogens with two attached hydrogens (primary N) is 2. The number of guanidine groups is 1. The molecule has 3 rings (SSSR count). The minimum atomic E-state index is -1.22. The Morgan fingerprint density at radius 1 is 0.956 bits per heavy atom. The lowest BCUT2D eigenvalue weighted by Crippen LogP contribution is -2.47. The molecular weight excluding hydrogens is 590 g/mol. The van der Waals surface area contributed by atoms with E-state index in [0.717, 1.165) is 16.5 Å². The van der Waals surface area contributed by atoms with Crippen LogP contribution in [0.4, 0.5) is 4.79 Å². The Bertz CT molecular complexity index is 1580. The number of nitrogens with one attached hydrogen (secondary N) is 5. The molecule has 240 valence electrons.